The second kappa shape index (κ2) is 8.75. The summed E-state index contributed by atoms with van der Waals surface area (Å²) in [5.74, 6) is 1.02. The van der Waals surface area contributed by atoms with Crippen molar-refractivity contribution < 1.29 is 14.3 Å². The Balaban J connectivity index is 1.18. The third-order valence-corrected chi connectivity index (χ3v) is 5.98. The Morgan fingerprint density at radius 1 is 1.14 bits per heavy atom. The fourth-order valence-electron chi connectivity index (χ4n) is 3.69. The van der Waals surface area contributed by atoms with Gasteiger partial charge in [0.25, 0.3) is 5.91 Å². The van der Waals surface area contributed by atoms with Crippen LogP contribution in [0.1, 0.15) is 27.9 Å². The molecule has 4 rings (SSSR count). The molecule has 0 saturated carbocycles. The number of rotatable bonds is 6. The largest absolute Gasteiger partial charge is 0.493 e. The van der Waals surface area contributed by atoms with Gasteiger partial charge in [-0.2, -0.15) is 11.3 Å². The van der Waals surface area contributed by atoms with Crippen LogP contribution < -0.4 is 10.1 Å². The maximum absolute atomic E-state index is 12.4. The molecule has 1 aromatic carbocycles. The quantitative estimate of drug-likeness (QED) is 0.809. The van der Waals surface area contributed by atoms with Gasteiger partial charge in [-0.1, -0.05) is 12.1 Å². The third-order valence-electron chi connectivity index (χ3n) is 5.29. The van der Waals surface area contributed by atoms with Crippen molar-refractivity contribution >= 4 is 23.2 Å². The number of nitrogens with zero attached hydrogens (tertiary/aromatic N) is 2. The Bertz CT molecular complexity index is 829. The van der Waals surface area contributed by atoms with Crippen molar-refractivity contribution in [3.05, 3.63) is 51.7 Å². The summed E-state index contributed by atoms with van der Waals surface area (Å²) in [6, 6.07) is 8.24. The summed E-state index contributed by atoms with van der Waals surface area (Å²) >= 11 is 1.49. The number of piperazine rings is 1. The standard InChI is InChI=1S/C21H25N3O3S/c25-20(3-6-22-21(26)18-5-12-28-15-18)24-9-7-23(8-10-24)14-16-1-2-19-17(13-16)4-11-27-19/h1-2,5,12-13,15H,3-4,6-11,14H2,(H,22,26). The Kier molecular flexibility index (Phi) is 5.92. The summed E-state index contributed by atoms with van der Waals surface area (Å²) in [7, 11) is 0. The predicted molar refractivity (Wildman–Crippen MR) is 109 cm³/mol. The Morgan fingerprint density at radius 2 is 2.00 bits per heavy atom. The van der Waals surface area contributed by atoms with Crippen molar-refractivity contribution in [2.75, 3.05) is 39.3 Å². The van der Waals surface area contributed by atoms with Crippen LogP contribution in [0, 0.1) is 0 Å². The molecule has 0 aliphatic carbocycles. The van der Waals surface area contributed by atoms with E-state index in [1.807, 2.05) is 15.7 Å². The molecule has 0 bridgehead atoms. The molecule has 2 amide bonds. The van der Waals surface area contributed by atoms with E-state index < -0.39 is 0 Å². The molecule has 2 aliphatic rings. The van der Waals surface area contributed by atoms with Crippen LogP contribution in [0.5, 0.6) is 5.75 Å². The van der Waals surface area contributed by atoms with Gasteiger partial charge in [0, 0.05) is 63.1 Å². The van der Waals surface area contributed by atoms with E-state index in [2.05, 4.69) is 28.4 Å². The van der Waals surface area contributed by atoms with Crippen LogP contribution in [0.15, 0.2) is 35.0 Å². The first-order valence-corrected chi connectivity index (χ1v) is 10.7. The maximum atomic E-state index is 12.4. The highest BCUT2D eigenvalue weighted by Crippen LogP contribution is 2.26. The number of benzene rings is 1. The van der Waals surface area contributed by atoms with Crippen LogP contribution in [0.25, 0.3) is 0 Å². The number of hydrogen-bond acceptors (Lipinski definition) is 5. The van der Waals surface area contributed by atoms with Gasteiger partial charge in [0.15, 0.2) is 0 Å². The van der Waals surface area contributed by atoms with Crippen LogP contribution in [-0.2, 0) is 17.8 Å². The van der Waals surface area contributed by atoms with Crippen molar-refractivity contribution in [1.29, 1.82) is 0 Å². The third kappa shape index (κ3) is 4.54. The highest BCUT2D eigenvalue weighted by atomic mass is 32.1. The van der Waals surface area contributed by atoms with Gasteiger partial charge in [-0.05, 0) is 28.6 Å². The summed E-state index contributed by atoms with van der Waals surface area (Å²) in [5, 5.41) is 6.50. The van der Waals surface area contributed by atoms with E-state index in [1.54, 1.807) is 6.07 Å². The van der Waals surface area contributed by atoms with Crippen LogP contribution in [0.2, 0.25) is 0 Å². The number of carbonyl (C=O) groups excluding carboxylic acids is 2. The molecule has 0 radical (unpaired) electrons. The summed E-state index contributed by atoms with van der Waals surface area (Å²) in [6.07, 6.45) is 1.34. The minimum absolute atomic E-state index is 0.111. The zero-order chi connectivity index (χ0) is 19.3. The lowest BCUT2D eigenvalue weighted by Crippen LogP contribution is -2.48. The van der Waals surface area contributed by atoms with Gasteiger partial charge in [-0.15, -0.1) is 0 Å². The fourth-order valence-corrected chi connectivity index (χ4v) is 4.32. The smallest absolute Gasteiger partial charge is 0.252 e. The van der Waals surface area contributed by atoms with Gasteiger partial charge in [-0.3, -0.25) is 14.5 Å². The predicted octanol–water partition coefficient (Wildman–Crippen LogP) is 2.15. The Morgan fingerprint density at radius 3 is 2.79 bits per heavy atom. The molecule has 148 valence electrons. The summed E-state index contributed by atoms with van der Waals surface area (Å²) < 4.78 is 5.57. The highest BCUT2D eigenvalue weighted by Gasteiger charge is 2.21. The minimum Gasteiger partial charge on any atom is -0.493 e. The number of amides is 2. The van der Waals surface area contributed by atoms with Gasteiger partial charge in [0.1, 0.15) is 5.75 Å². The van der Waals surface area contributed by atoms with E-state index in [1.165, 1.54) is 22.5 Å². The second-order valence-corrected chi connectivity index (χ2v) is 8.00. The Labute approximate surface area is 169 Å². The Hall–Kier alpha value is -2.38. The molecule has 0 unspecified atom stereocenters. The van der Waals surface area contributed by atoms with E-state index in [-0.39, 0.29) is 11.8 Å². The number of hydrogen-bond donors (Lipinski definition) is 1. The maximum Gasteiger partial charge on any atom is 0.252 e. The summed E-state index contributed by atoms with van der Waals surface area (Å²) in [5.41, 5.74) is 3.26. The number of nitrogens with one attached hydrogen (secondary N) is 1. The molecule has 3 heterocycles. The van der Waals surface area contributed by atoms with Crippen molar-refractivity contribution in [2.24, 2.45) is 0 Å². The first-order valence-electron chi connectivity index (χ1n) is 9.74. The summed E-state index contributed by atoms with van der Waals surface area (Å²) in [6.45, 7) is 5.31. The second-order valence-electron chi connectivity index (χ2n) is 7.22. The van der Waals surface area contributed by atoms with Crippen molar-refractivity contribution in [2.45, 2.75) is 19.4 Å². The molecule has 6 nitrogen and oxygen atoms in total. The van der Waals surface area contributed by atoms with Gasteiger partial charge < -0.3 is 15.0 Å². The van der Waals surface area contributed by atoms with E-state index in [0.29, 0.717) is 18.5 Å². The molecule has 0 spiro atoms. The monoisotopic (exact) mass is 399 g/mol. The molecule has 7 heteroatoms. The lowest BCUT2D eigenvalue weighted by Gasteiger charge is -2.35. The molecule has 1 N–H and O–H groups in total. The molecule has 1 saturated heterocycles. The minimum atomic E-state index is -0.112. The topological polar surface area (TPSA) is 61.9 Å². The van der Waals surface area contributed by atoms with Gasteiger partial charge in [0.2, 0.25) is 5.91 Å². The van der Waals surface area contributed by atoms with Crippen LogP contribution in [0.3, 0.4) is 0 Å². The average molecular weight is 400 g/mol. The molecule has 28 heavy (non-hydrogen) atoms. The normalized spacial score (nSPS) is 16.5. The molecule has 2 aromatic rings. The van der Waals surface area contributed by atoms with Gasteiger partial charge in [-0.25, -0.2) is 0 Å². The molecule has 0 atom stereocenters. The number of carbonyl (C=O) groups is 2. The van der Waals surface area contributed by atoms with Crippen LogP contribution >= 0.6 is 11.3 Å². The van der Waals surface area contributed by atoms with Crippen LogP contribution in [-0.4, -0.2) is 60.9 Å². The molecule has 1 fully saturated rings. The number of thiophene rings is 1. The average Bonchev–Trinajstić information content (AvgIpc) is 3.40. The molecular formula is C21H25N3O3S. The molecular weight excluding hydrogens is 374 g/mol. The van der Waals surface area contributed by atoms with Gasteiger partial charge >= 0.3 is 0 Å². The van der Waals surface area contributed by atoms with E-state index in [9.17, 15) is 9.59 Å². The molecule has 1 aromatic heterocycles. The summed E-state index contributed by atoms with van der Waals surface area (Å²) in [4.78, 5) is 28.6. The SMILES string of the molecule is O=C(NCCC(=O)N1CCN(Cc2ccc3c(c2)CCO3)CC1)c1ccsc1. The van der Waals surface area contributed by atoms with E-state index >= 15 is 0 Å². The fraction of sp³-hybridized carbons (Fsp3) is 0.429. The van der Waals surface area contributed by atoms with Crippen molar-refractivity contribution in [1.82, 2.24) is 15.1 Å². The van der Waals surface area contributed by atoms with E-state index in [0.717, 1.165) is 51.5 Å². The van der Waals surface area contributed by atoms with Gasteiger partial charge in [0.05, 0.1) is 6.61 Å². The lowest BCUT2D eigenvalue weighted by molar-refractivity contribution is -0.132. The van der Waals surface area contributed by atoms with Crippen molar-refractivity contribution in [3.63, 3.8) is 0 Å². The zero-order valence-electron chi connectivity index (χ0n) is 15.9. The molecule has 2 aliphatic heterocycles. The number of ether oxygens (including phenoxy) is 1. The van der Waals surface area contributed by atoms with Crippen molar-refractivity contribution in [3.8, 4) is 5.75 Å². The zero-order valence-corrected chi connectivity index (χ0v) is 16.7. The lowest BCUT2D eigenvalue weighted by atomic mass is 10.1. The highest BCUT2D eigenvalue weighted by molar-refractivity contribution is 7.08. The first kappa shape index (κ1) is 19.0. The van der Waals surface area contributed by atoms with E-state index in [4.69, 9.17) is 4.74 Å². The number of fused-ring (bicyclic) bond motifs is 1. The first-order chi connectivity index (χ1) is 13.7. The van der Waals surface area contributed by atoms with Crippen LogP contribution in [0.4, 0.5) is 0 Å².